The molecular weight excluding hydrogens is 202 g/mol. The fourth-order valence-corrected chi connectivity index (χ4v) is 1.20. The van der Waals surface area contributed by atoms with Crippen molar-refractivity contribution >= 4 is 22.3 Å². The van der Waals surface area contributed by atoms with Crippen LogP contribution in [0.5, 0.6) is 0 Å². The largest absolute Gasteiger partial charge is 0.399 e. The van der Waals surface area contributed by atoms with Gasteiger partial charge in [-0.3, -0.25) is 4.55 Å². The van der Waals surface area contributed by atoms with E-state index in [-0.39, 0.29) is 12.3 Å². The van der Waals surface area contributed by atoms with Gasteiger partial charge in [-0.2, -0.15) is 13.4 Å². The Balaban J connectivity index is 2.66. The van der Waals surface area contributed by atoms with E-state index >= 15 is 0 Å². The van der Waals surface area contributed by atoms with Crippen LogP contribution in [0.2, 0.25) is 0 Å². The molecule has 0 fully saturated rings. The minimum absolute atomic E-state index is 0.0580. The molecule has 1 rings (SSSR count). The highest BCUT2D eigenvalue weighted by Gasteiger charge is 2.24. The summed E-state index contributed by atoms with van der Waals surface area (Å²) in [5.41, 5.74) is 5.17. The van der Waals surface area contributed by atoms with E-state index in [0.29, 0.717) is 0 Å². The van der Waals surface area contributed by atoms with Crippen LogP contribution in [0.25, 0.3) is 0 Å². The van der Waals surface area contributed by atoms with Crippen LogP contribution >= 0.6 is 0 Å². The van der Waals surface area contributed by atoms with E-state index in [0.717, 1.165) is 0 Å². The minimum Gasteiger partial charge on any atom is -0.387 e. The van der Waals surface area contributed by atoms with Crippen LogP contribution in [0.3, 0.4) is 0 Å². The molecule has 2 amide bonds. The monoisotopic (exact) mass is 209 g/mol. The summed E-state index contributed by atoms with van der Waals surface area (Å²) < 4.78 is 32.7. The van der Waals surface area contributed by atoms with Gasteiger partial charge in [0, 0.05) is 0 Å². The molecule has 0 aromatic carbocycles. The highest BCUT2D eigenvalue weighted by atomic mass is 32.3. The van der Waals surface area contributed by atoms with E-state index in [1.54, 1.807) is 0 Å². The highest BCUT2D eigenvalue weighted by molar-refractivity contribution is 7.80. The Morgan fingerprint density at radius 3 is 2.77 bits per heavy atom. The minimum atomic E-state index is -4.60. The lowest BCUT2D eigenvalue weighted by Gasteiger charge is -2.18. The van der Waals surface area contributed by atoms with Gasteiger partial charge in [0.05, 0.1) is 6.42 Å². The zero-order valence-electron chi connectivity index (χ0n) is 6.30. The number of nitrogens with one attached hydrogen (secondary N) is 1. The van der Waals surface area contributed by atoms with Gasteiger partial charge in [-0.15, -0.1) is 0 Å². The topological polar surface area (TPSA) is 131 Å². The van der Waals surface area contributed by atoms with Gasteiger partial charge in [-0.1, -0.05) is 0 Å². The van der Waals surface area contributed by atoms with Crippen LogP contribution in [0.15, 0.2) is 4.99 Å². The zero-order valence-corrected chi connectivity index (χ0v) is 7.11. The fourth-order valence-electron chi connectivity index (χ4n) is 0.792. The smallest absolute Gasteiger partial charge is 0.387 e. The maximum atomic E-state index is 10.6. The Morgan fingerprint density at radius 1 is 1.69 bits per heavy atom. The average Bonchev–Trinajstić information content (AvgIpc) is 1.78. The van der Waals surface area contributed by atoms with Crippen molar-refractivity contribution in [3.8, 4) is 0 Å². The first kappa shape index (κ1) is 9.89. The van der Waals surface area contributed by atoms with Gasteiger partial charge >= 0.3 is 16.4 Å². The van der Waals surface area contributed by atoms with Gasteiger partial charge < -0.3 is 11.1 Å². The number of urea groups is 1. The van der Waals surface area contributed by atoms with Gasteiger partial charge in [0.25, 0.3) is 0 Å². The van der Waals surface area contributed by atoms with Crippen molar-refractivity contribution in [3.05, 3.63) is 0 Å². The first-order valence-electron chi connectivity index (χ1n) is 3.16. The summed E-state index contributed by atoms with van der Waals surface area (Å²) in [7, 11) is -4.60. The van der Waals surface area contributed by atoms with Crippen molar-refractivity contribution in [1.82, 2.24) is 5.32 Å². The van der Waals surface area contributed by atoms with Crippen molar-refractivity contribution < 1.29 is 21.9 Å². The Bertz CT molecular complexity index is 347. The molecule has 0 aromatic heterocycles. The molecule has 4 N–H and O–H groups in total. The summed E-state index contributed by atoms with van der Waals surface area (Å²) in [6.07, 6.45) is -1.29. The number of amides is 2. The third-order valence-corrected chi connectivity index (χ3v) is 1.64. The van der Waals surface area contributed by atoms with Gasteiger partial charge in [0.15, 0.2) is 6.23 Å². The van der Waals surface area contributed by atoms with Crippen molar-refractivity contribution in [2.45, 2.75) is 12.6 Å². The molecule has 0 radical (unpaired) electrons. The molecule has 1 unspecified atom stereocenters. The van der Waals surface area contributed by atoms with E-state index in [1.807, 2.05) is 5.32 Å². The summed E-state index contributed by atoms with van der Waals surface area (Å²) in [4.78, 5) is 13.9. The summed E-state index contributed by atoms with van der Waals surface area (Å²) in [5, 5.41) is 2.04. The highest BCUT2D eigenvalue weighted by Crippen LogP contribution is 2.04. The molecule has 8 nitrogen and oxygen atoms in total. The van der Waals surface area contributed by atoms with Crippen LogP contribution in [0.1, 0.15) is 6.42 Å². The Kier molecular flexibility index (Phi) is 2.50. The first-order valence-corrected chi connectivity index (χ1v) is 4.52. The maximum Gasteiger partial charge on any atom is 0.399 e. The molecule has 13 heavy (non-hydrogen) atoms. The maximum absolute atomic E-state index is 10.6. The Morgan fingerprint density at radius 2 is 2.31 bits per heavy atom. The summed E-state index contributed by atoms with van der Waals surface area (Å²) in [6, 6.07) is -0.808. The number of hydrogen-bond donors (Lipinski definition) is 3. The molecule has 1 heterocycles. The first-order chi connectivity index (χ1) is 5.87. The third kappa shape index (κ3) is 3.36. The molecule has 1 aliphatic heterocycles. The summed E-state index contributed by atoms with van der Waals surface area (Å²) >= 11 is 0. The van der Waals surface area contributed by atoms with Gasteiger partial charge in [-0.05, 0) is 0 Å². The molecule has 0 bridgehead atoms. The van der Waals surface area contributed by atoms with E-state index < -0.39 is 22.7 Å². The SMILES string of the molecule is NC1=NC(=O)NC(OS(=O)(=O)O)C1. The van der Waals surface area contributed by atoms with Crippen LogP contribution < -0.4 is 11.1 Å². The second-order valence-corrected chi connectivity index (χ2v) is 3.32. The molecular formula is C4H7N3O5S. The summed E-state index contributed by atoms with van der Waals surface area (Å²) in [5.74, 6) is -0.0580. The second kappa shape index (κ2) is 3.28. The van der Waals surface area contributed by atoms with Crippen molar-refractivity contribution in [2.75, 3.05) is 0 Å². The lowest BCUT2D eigenvalue weighted by atomic mass is 10.3. The van der Waals surface area contributed by atoms with Crippen molar-refractivity contribution in [1.29, 1.82) is 0 Å². The number of nitrogens with two attached hydrogens (primary N) is 1. The van der Waals surface area contributed by atoms with Gasteiger partial charge in [0.2, 0.25) is 0 Å². The predicted molar refractivity (Wildman–Crippen MR) is 41.2 cm³/mol. The summed E-state index contributed by atoms with van der Waals surface area (Å²) in [6.45, 7) is 0. The molecule has 1 atom stereocenters. The molecule has 0 aromatic rings. The zero-order chi connectivity index (χ0) is 10.1. The molecule has 0 spiro atoms. The van der Waals surface area contributed by atoms with Crippen LogP contribution in [0, 0.1) is 0 Å². The number of carbonyl (C=O) groups is 1. The molecule has 0 saturated heterocycles. The lowest BCUT2D eigenvalue weighted by Crippen LogP contribution is -2.44. The third-order valence-electron chi connectivity index (χ3n) is 1.16. The molecule has 9 heteroatoms. The van der Waals surface area contributed by atoms with Crippen LogP contribution in [-0.4, -0.2) is 31.1 Å². The van der Waals surface area contributed by atoms with Gasteiger partial charge in [0.1, 0.15) is 5.84 Å². The fraction of sp³-hybridized carbons (Fsp3) is 0.500. The normalized spacial score (nSPS) is 23.6. The second-order valence-electron chi connectivity index (χ2n) is 2.27. The van der Waals surface area contributed by atoms with Crippen molar-refractivity contribution in [3.63, 3.8) is 0 Å². The average molecular weight is 209 g/mol. The quantitative estimate of drug-likeness (QED) is 0.479. The number of nitrogens with zero attached hydrogens (tertiary/aromatic N) is 1. The molecule has 1 aliphatic rings. The predicted octanol–water partition coefficient (Wildman–Crippen LogP) is -1.40. The van der Waals surface area contributed by atoms with Gasteiger partial charge in [-0.25, -0.2) is 8.98 Å². The van der Waals surface area contributed by atoms with E-state index in [4.69, 9.17) is 10.3 Å². The van der Waals surface area contributed by atoms with Crippen LogP contribution in [0.4, 0.5) is 4.79 Å². The standard InChI is InChI=1S/C4H7N3O5S/c5-2-1-3(7-4(8)6-2)12-13(9,10)11/h3H,1H2,(H,9,10,11)(H3,5,6,7,8). The number of aliphatic imine (C=N–C) groups is 1. The molecule has 0 saturated carbocycles. The van der Waals surface area contributed by atoms with E-state index in [1.165, 1.54) is 0 Å². The Hall–Kier alpha value is -1.19. The molecule has 74 valence electrons. The van der Waals surface area contributed by atoms with E-state index in [2.05, 4.69) is 9.18 Å². The molecule has 0 aliphatic carbocycles. The van der Waals surface area contributed by atoms with Crippen LogP contribution in [-0.2, 0) is 14.6 Å². The Labute approximate surface area is 73.7 Å². The number of amidine groups is 1. The van der Waals surface area contributed by atoms with E-state index in [9.17, 15) is 13.2 Å². The lowest BCUT2D eigenvalue weighted by molar-refractivity contribution is 0.155. The number of carbonyl (C=O) groups excluding carboxylic acids is 1. The number of rotatable bonds is 2. The number of hydrogen-bond acceptors (Lipinski definition) is 5. The van der Waals surface area contributed by atoms with Crippen molar-refractivity contribution in [2.24, 2.45) is 10.7 Å².